The lowest BCUT2D eigenvalue weighted by Crippen LogP contribution is -2.47. The standard InChI is InChI=1S/C17H19N5O3/c1-21-8-10-22(11-9-21)15(20-25)13-5-2-12(3-6-13)4-7-14-16(23)19-17(24)18-14/h2-3,5-6,14,25H,8-11H2,1H3,(H2,18,19,23,24)/b20-15-. The Morgan fingerprint density at radius 3 is 2.44 bits per heavy atom. The van der Waals surface area contributed by atoms with E-state index in [0.29, 0.717) is 11.4 Å². The number of oxime groups is 1. The molecule has 0 saturated carbocycles. The number of hydrogen-bond donors (Lipinski definition) is 3. The monoisotopic (exact) mass is 341 g/mol. The summed E-state index contributed by atoms with van der Waals surface area (Å²) in [4.78, 5) is 26.7. The molecule has 8 nitrogen and oxygen atoms in total. The lowest BCUT2D eigenvalue weighted by atomic mass is 10.1. The molecular formula is C17H19N5O3. The fraction of sp³-hybridized carbons (Fsp3) is 0.353. The number of nitrogens with one attached hydrogen (secondary N) is 2. The smallest absolute Gasteiger partial charge is 0.322 e. The first kappa shape index (κ1) is 16.8. The van der Waals surface area contributed by atoms with Gasteiger partial charge in [-0.3, -0.25) is 10.1 Å². The normalized spacial score (nSPS) is 21.4. The van der Waals surface area contributed by atoms with Crippen LogP contribution in [0.4, 0.5) is 4.79 Å². The Morgan fingerprint density at radius 2 is 1.88 bits per heavy atom. The van der Waals surface area contributed by atoms with Gasteiger partial charge in [0.05, 0.1) is 0 Å². The van der Waals surface area contributed by atoms with Gasteiger partial charge in [0.25, 0.3) is 5.91 Å². The highest BCUT2D eigenvalue weighted by Gasteiger charge is 2.27. The number of imide groups is 1. The van der Waals surface area contributed by atoms with E-state index in [0.717, 1.165) is 31.7 Å². The number of carbonyl (C=O) groups is 2. The van der Waals surface area contributed by atoms with E-state index in [1.165, 1.54) is 0 Å². The molecule has 1 unspecified atom stereocenters. The van der Waals surface area contributed by atoms with Crippen LogP contribution in [0.15, 0.2) is 29.4 Å². The second kappa shape index (κ2) is 7.23. The van der Waals surface area contributed by atoms with Crippen LogP contribution < -0.4 is 10.6 Å². The van der Waals surface area contributed by atoms with Crippen LogP contribution in [0.3, 0.4) is 0 Å². The Bertz CT molecular complexity index is 755. The van der Waals surface area contributed by atoms with E-state index in [2.05, 4.69) is 39.6 Å². The number of amides is 3. The van der Waals surface area contributed by atoms with Crippen LogP contribution in [-0.4, -0.2) is 72.0 Å². The molecule has 0 radical (unpaired) electrons. The van der Waals surface area contributed by atoms with E-state index in [1.807, 2.05) is 17.0 Å². The number of carbonyl (C=O) groups excluding carboxylic acids is 2. The zero-order chi connectivity index (χ0) is 17.8. The minimum absolute atomic E-state index is 0.445. The zero-order valence-corrected chi connectivity index (χ0v) is 13.8. The molecule has 2 fully saturated rings. The predicted octanol–water partition coefficient (Wildman–Crippen LogP) is -0.371. The van der Waals surface area contributed by atoms with Crippen molar-refractivity contribution in [3.05, 3.63) is 35.4 Å². The van der Waals surface area contributed by atoms with E-state index in [4.69, 9.17) is 0 Å². The number of urea groups is 1. The summed E-state index contributed by atoms with van der Waals surface area (Å²) in [5, 5.41) is 17.4. The van der Waals surface area contributed by atoms with Crippen molar-refractivity contribution >= 4 is 17.8 Å². The molecular weight excluding hydrogens is 322 g/mol. The van der Waals surface area contributed by atoms with Crippen molar-refractivity contribution in [3.63, 3.8) is 0 Å². The number of hydrogen-bond acceptors (Lipinski definition) is 5. The van der Waals surface area contributed by atoms with Crippen molar-refractivity contribution in [2.45, 2.75) is 6.04 Å². The molecule has 3 N–H and O–H groups in total. The van der Waals surface area contributed by atoms with Crippen LogP contribution in [0.25, 0.3) is 0 Å². The summed E-state index contributed by atoms with van der Waals surface area (Å²) < 4.78 is 0. The van der Waals surface area contributed by atoms with Gasteiger partial charge < -0.3 is 20.3 Å². The molecule has 2 aliphatic rings. The second-order valence-electron chi connectivity index (χ2n) is 5.96. The zero-order valence-electron chi connectivity index (χ0n) is 13.8. The Kier molecular flexibility index (Phi) is 4.86. The molecule has 8 heteroatoms. The summed E-state index contributed by atoms with van der Waals surface area (Å²) in [6, 6.07) is 5.87. The van der Waals surface area contributed by atoms with Crippen molar-refractivity contribution in [1.29, 1.82) is 0 Å². The summed E-state index contributed by atoms with van der Waals surface area (Å²) in [6.45, 7) is 3.43. The van der Waals surface area contributed by atoms with Crippen LogP contribution in [0.2, 0.25) is 0 Å². The molecule has 0 aromatic heterocycles. The largest absolute Gasteiger partial charge is 0.409 e. The summed E-state index contributed by atoms with van der Waals surface area (Å²) in [7, 11) is 2.06. The summed E-state index contributed by atoms with van der Waals surface area (Å²) >= 11 is 0. The molecule has 0 spiro atoms. The van der Waals surface area contributed by atoms with Gasteiger partial charge in [0, 0.05) is 37.3 Å². The number of benzene rings is 1. The SMILES string of the molecule is CN1CCN(/C(=N\O)c2ccc(C#CC3NC(=O)NC3=O)cc2)CC1. The molecule has 25 heavy (non-hydrogen) atoms. The van der Waals surface area contributed by atoms with Crippen LogP contribution in [-0.2, 0) is 4.79 Å². The second-order valence-corrected chi connectivity index (χ2v) is 5.96. The quantitative estimate of drug-likeness (QED) is 0.162. The number of nitrogens with zero attached hydrogens (tertiary/aromatic N) is 3. The van der Waals surface area contributed by atoms with Gasteiger partial charge in [-0.2, -0.15) is 0 Å². The van der Waals surface area contributed by atoms with Gasteiger partial charge in [-0.1, -0.05) is 17.0 Å². The topological polar surface area (TPSA) is 97.3 Å². The van der Waals surface area contributed by atoms with Crippen LogP contribution in [0.5, 0.6) is 0 Å². The fourth-order valence-corrected chi connectivity index (χ4v) is 2.70. The minimum atomic E-state index is -0.827. The molecule has 1 atom stereocenters. The predicted molar refractivity (Wildman–Crippen MR) is 91.2 cm³/mol. The van der Waals surface area contributed by atoms with Crippen molar-refractivity contribution in [3.8, 4) is 11.8 Å². The number of rotatable bonds is 1. The fourth-order valence-electron chi connectivity index (χ4n) is 2.70. The molecule has 130 valence electrons. The maximum atomic E-state index is 11.4. The average molecular weight is 341 g/mol. The van der Waals surface area contributed by atoms with Gasteiger partial charge in [0.15, 0.2) is 11.9 Å². The molecule has 2 heterocycles. The first-order valence-electron chi connectivity index (χ1n) is 7.95. The van der Waals surface area contributed by atoms with Crippen LogP contribution >= 0.6 is 0 Å². The van der Waals surface area contributed by atoms with Gasteiger partial charge in [0.2, 0.25) is 0 Å². The minimum Gasteiger partial charge on any atom is -0.409 e. The van der Waals surface area contributed by atoms with Crippen LogP contribution in [0.1, 0.15) is 11.1 Å². The average Bonchev–Trinajstić information content (AvgIpc) is 2.94. The first-order valence-corrected chi connectivity index (χ1v) is 7.95. The van der Waals surface area contributed by atoms with Gasteiger partial charge in [-0.25, -0.2) is 4.79 Å². The molecule has 2 aliphatic heterocycles. The molecule has 0 bridgehead atoms. The molecule has 1 aromatic carbocycles. The molecule has 2 saturated heterocycles. The first-order chi connectivity index (χ1) is 12.1. The Labute approximate surface area is 145 Å². The lowest BCUT2D eigenvalue weighted by Gasteiger charge is -2.34. The highest BCUT2D eigenvalue weighted by molar-refractivity contribution is 6.05. The third-order valence-electron chi connectivity index (χ3n) is 4.18. The molecule has 3 amide bonds. The van der Waals surface area contributed by atoms with E-state index < -0.39 is 18.0 Å². The summed E-state index contributed by atoms with van der Waals surface area (Å²) in [5.41, 5.74) is 1.50. The van der Waals surface area contributed by atoms with Gasteiger partial charge in [0.1, 0.15) is 0 Å². The maximum absolute atomic E-state index is 11.4. The van der Waals surface area contributed by atoms with Crippen molar-refractivity contribution < 1.29 is 14.8 Å². The van der Waals surface area contributed by atoms with E-state index in [9.17, 15) is 14.8 Å². The third kappa shape index (κ3) is 3.89. The molecule has 1 aromatic rings. The van der Waals surface area contributed by atoms with E-state index >= 15 is 0 Å². The van der Waals surface area contributed by atoms with E-state index in [-0.39, 0.29) is 0 Å². The maximum Gasteiger partial charge on any atom is 0.322 e. The summed E-state index contributed by atoms with van der Waals surface area (Å²) in [6.07, 6.45) is 0. The third-order valence-corrected chi connectivity index (χ3v) is 4.18. The molecule has 3 rings (SSSR count). The number of likely N-dealkylation sites (N-methyl/N-ethyl adjacent to an activating group) is 1. The highest BCUT2D eigenvalue weighted by Crippen LogP contribution is 2.11. The summed E-state index contributed by atoms with van der Waals surface area (Å²) in [5.74, 6) is 5.67. The van der Waals surface area contributed by atoms with Gasteiger partial charge in [-0.15, -0.1) is 0 Å². The van der Waals surface area contributed by atoms with Crippen molar-refractivity contribution in [2.75, 3.05) is 33.2 Å². The Morgan fingerprint density at radius 1 is 1.20 bits per heavy atom. The lowest BCUT2D eigenvalue weighted by molar-refractivity contribution is -0.119. The number of piperazine rings is 1. The van der Waals surface area contributed by atoms with Crippen LogP contribution in [0, 0.1) is 11.8 Å². The Balaban J connectivity index is 1.69. The molecule has 0 aliphatic carbocycles. The number of amidine groups is 1. The van der Waals surface area contributed by atoms with E-state index in [1.54, 1.807) is 12.1 Å². The Hall–Kier alpha value is -3.05. The van der Waals surface area contributed by atoms with Gasteiger partial charge >= 0.3 is 6.03 Å². The van der Waals surface area contributed by atoms with Gasteiger partial charge in [-0.05, 0) is 31.3 Å². The van der Waals surface area contributed by atoms with Crippen molar-refractivity contribution in [2.24, 2.45) is 5.16 Å². The highest BCUT2D eigenvalue weighted by atomic mass is 16.4. The van der Waals surface area contributed by atoms with Crippen molar-refractivity contribution in [1.82, 2.24) is 20.4 Å².